The molecule has 1 fully saturated rings. The molecule has 0 aliphatic heterocycles. The minimum Gasteiger partial charge on any atom is -0.205 e. The van der Waals surface area contributed by atoms with Crippen molar-refractivity contribution in [3.8, 4) is 35.3 Å². The van der Waals surface area contributed by atoms with Crippen LogP contribution in [0.4, 0.5) is 8.78 Å². The minimum atomic E-state index is -0.588. The first-order valence-corrected chi connectivity index (χ1v) is 11.1. The lowest BCUT2D eigenvalue weighted by molar-refractivity contribution is 0.300. The van der Waals surface area contributed by atoms with Crippen LogP contribution in [-0.2, 0) is 6.42 Å². The van der Waals surface area contributed by atoms with Crippen LogP contribution in [0, 0.1) is 47.7 Å². The first-order valence-electron chi connectivity index (χ1n) is 11.1. The average molecular weight is 405 g/mol. The lowest BCUT2D eigenvalue weighted by Gasteiger charge is -2.25. The molecule has 30 heavy (non-hydrogen) atoms. The van der Waals surface area contributed by atoms with Gasteiger partial charge in [0, 0.05) is 12.3 Å². The van der Waals surface area contributed by atoms with Gasteiger partial charge >= 0.3 is 0 Å². The second-order valence-electron chi connectivity index (χ2n) is 8.35. The monoisotopic (exact) mass is 404 g/mol. The summed E-state index contributed by atoms with van der Waals surface area (Å²) in [5.74, 6) is 8.43. The molecule has 2 aromatic rings. The summed E-state index contributed by atoms with van der Waals surface area (Å²) in [5.41, 5.74) is 2.39. The quantitative estimate of drug-likeness (QED) is 0.344. The summed E-state index contributed by atoms with van der Waals surface area (Å²) in [6.07, 6.45) is 14.8. The average Bonchev–Trinajstić information content (AvgIpc) is 2.75. The van der Waals surface area contributed by atoms with E-state index in [0.717, 1.165) is 43.6 Å². The molecular weight excluding hydrogens is 374 g/mol. The normalized spacial score (nSPS) is 18.3. The lowest BCUT2D eigenvalue weighted by atomic mass is 9.80. The van der Waals surface area contributed by atoms with Crippen LogP contribution in [0.25, 0.3) is 11.1 Å². The molecule has 0 atom stereocenters. The third-order valence-corrected chi connectivity index (χ3v) is 6.06. The van der Waals surface area contributed by atoms with E-state index in [9.17, 15) is 8.78 Å². The van der Waals surface area contributed by atoms with Crippen LogP contribution < -0.4 is 0 Å². The van der Waals surface area contributed by atoms with E-state index in [-0.39, 0.29) is 11.5 Å². The Hall–Kier alpha value is -2.58. The predicted octanol–water partition coefficient (Wildman–Crippen LogP) is 7.55. The molecule has 0 heterocycles. The fraction of sp³-hybridized carbons (Fsp3) is 0.429. The second kappa shape index (κ2) is 11.0. The molecule has 0 radical (unpaired) electrons. The molecule has 0 unspecified atom stereocenters. The van der Waals surface area contributed by atoms with Crippen LogP contribution in [0.5, 0.6) is 0 Å². The third-order valence-electron chi connectivity index (χ3n) is 6.06. The first-order chi connectivity index (χ1) is 14.6. The Balaban J connectivity index is 1.68. The number of benzene rings is 2. The van der Waals surface area contributed by atoms with Gasteiger partial charge in [-0.2, -0.15) is 0 Å². The number of halogens is 2. The minimum absolute atomic E-state index is 0.111. The Kier molecular flexibility index (Phi) is 8.10. The second-order valence-corrected chi connectivity index (χ2v) is 8.35. The van der Waals surface area contributed by atoms with Crippen LogP contribution in [0.1, 0.15) is 69.4 Å². The molecule has 0 nitrogen and oxygen atoms in total. The number of terminal acetylenes is 1. The highest BCUT2D eigenvalue weighted by molar-refractivity contribution is 5.65. The molecule has 0 amide bonds. The predicted molar refractivity (Wildman–Crippen MR) is 121 cm³/mol. The molecule has 1 aliphatic rings. The number of unbranched alkanes of at least 4 members (excludes halogenated alkanes) is 1. The van der Waals surface area contributed by atoms with Crippen molar-refractivity contribution in [3.05, 3.63) is 59.2 Å². The molecule has 156 valence electrons. The summed E-state index contributed by atoms with van der Waals surface area (Å²) in [6.45, 7) is 2.22. The summed E-state index contributed by atoms with van der Waals surface area (Å²) in [5, 5.41) is 0. The third kappa shape index (κ3) is 5.96. The summed E-state index contributed by atoms with van der Waals surface area (Å²) in [4.78, 5) is 0. The van der Waals surface area contributed by atoms with Crippen LogP contribution in [0.3, 0.4) is 0 Å². The van der Waals surface area contributed by atoms with E-state index < -0.39 is 11.6 Å². The Morgan fingerprint density at radius 3 is 2.23 bits per heavy atom. The van der Waals surface area contributed by atoms with Gasteiger partial charge in [-0.3, -0.25) is 0 Å². The van der Waals surface area contributed by atoms with Gasteiger partial charge in [0.05, 0.1) is 5.56 Å². The molecule has 2 heteroatoms. The number of hydrogen-bond acceptors (Lipinski definition) is 0. The van der Waals surface area contributed by atoms with Crippen molar-refractivity contribution >= 4 is 0 Å². The molecule has 1 aliphatic carbocycles. The highest BCUT2D eigenvalue weighted by Gasteiger charge is 2.19. The van der Waals surface area contributed by atoms with E-state index in [0.29, 0.717) is 5.56 Å². The molecular formula is C28H30F2. The fourth-order valence-corrected chi connectivity index (χ4v) is 4.30. The van der Waals surface area contributed by atoms with Gasteiger partial charge in [0.2, 0.25) is 0 Å². The van der Waals surface area contributed by atoms with Crippen molar-refractivity contribution in [2.24, 2.45) is 11.8 Å². The van der Waals surface area contributed by atoms with Crippen LogP contribution in [0.2, 0.25) is 0 Å². The zero-order chi connectivity index (χ0) is 21.3. The lowest BCUT2D eigenvalue weighted by Crippen LogP contribution is -2.13. The highest BCUT2D eigenvalue weighted by Crippen LogP contribution is 2.31. The van der Waals surface area contributed by atoms with Gasteiger partial charge in [-0.05, 0) is 73.3 Å². The molecule has 0 bridgehead atoms. The molecule has 0 saturated heterocycles. The Labute approximate surface area is 180 Å². The Morgan fingerprint density at radius 1 is 0.967 bits per heavy atom. The zero-order valence-electron chi connectivity index (χ0n) is 17.8. The van der Waals surface area contributed by atoms with Crippen molar-refractivity contribution in [2.75, 3.05) is 0 Å². The van der Waals surface area contributed by atoms with Crippen molar-refractivity contribution in [2.45, 2.75) is 64.7 Å². The van der Waals surface area contributed by atoms with Crippen LogP contribution in [0.15, 0.2) is 36.4 Å². The Morgan fingerprint density at radius 2 is 1.63 bits per heavy atom. The number of rotatable bonds is 6. The molecule has 0 spiro atoms. The van der Waals surface area contributed by atoms with Crippen LogP contribution >= 0.6 is 0 Å². The molecule has 2 aromatic carbocycles. The Bertz CT molecular complexity index is 906. The van der Waals surface area contributed by atoms with E-state index in [4.69, 9.17) is 6.42 Å². The summed E-state index contributed by atoms with van der Waals surface area (Å²) in [6, 6.07) is 10.6. The van der Waals surface area contributed by atoms with Gasteiger partial charge < -0.3 is 0 Å². The number of aryl methyl sites for hydroxylation is 1. The maximum Gasteiger partial charge on any atom is 0.142 e. The standard InChI is InChI=1S/C28H30F2/c1-3-5-6-8-22-13-16-24(17-14-22)25-19-27(29)26(28(30)20-25)18-15-23-11-9-21(7-4-2)10-12-23/h1,13-14,16-17,19-21,23H,4-12H2,2H3. The van der Waals surface area contributed by atoms with Gasteiger partial charge in [0.1, 0.15) is 11.6 Å². The number of hydrogen-bond donors (Lipinski definition) is 0. The topological polar surface area (TPSA) is 0 Å². The SMILES string of the molecule is C#CCCCc1ccc(-c2cc(F)c(C#CC3CCC(CCC)CC3)c(F)c2)cc1. The summed E-state index contributed by atoms with van der Waals surface area (Å²) in [7, 11) is 0. The van der Waals surface area contributed by atoms with Crippen molar-refractivity contribution in [1.82, 2.24) is 0 Å². The first kappa shape index (κ1) is 22.1. The summed E-state index contributed by atoms with van der Waals surface area (Å²) < 4.78 is 29.3. The van der Waals surface area contributed by atoms with E-state index in [1.54, 1.807) is 0 Å². The van der Waals surface area contributed by atoms with Gasteiger partial charge in [-0.15, -0.1) is 12.3 Å². The smallest absolute Gasteiger partial charge is 0.142 e. The van der Waals surface area contributed by atoms with Crippen LogP contribution in [-0.4, -0.2) is 0 Å². The van der Waals surface area contributed by atoms with Crippen molar-refractivity contribution in [3.63, 3.8) is 0 Å². The summed E-state index contributed by atoms with van der Waals surface area (Å²) >= 11 is 0. The maximum absolute atomic E-state index is 14.6. The molecule has 1 saturated carbocycles. The fourth-order valence-electron chi connectivity index (χ4n) is 4.30. The van der Waals surface area contributed by atoms with E-state index in [1.165, 1.54) is 43.4 Å². The molecule has 0 N–H and O–H groups in total. The van der Waals surface area contributed by atoms with E-state index >= 15 is 0 Å². The van der Waals surface area contributed by atoms with E-state index in [1.807, 2.05) is 24.3 Å². The largest absolute Gasteiger partial charge is 0.205 e. The van der Waals surface area contributed by atoms with Gasteiger partial charge in [0.25, 0.3) is 0 Å². The zero-order valence-corrected chi connectivity index (χ0v) is 17.8. The van der Waals surface area contributed by atoms with E-state index in [2.05, 4.69) is 24.7 Å². The van der Waals surface area contributed by atoms with Gasteiger partial charge in [0.15, 0.2) is 0 Å². The van der Waals surface area contributed by atoms with Gasteiger partial charge in [-0.25, -0.2) is 8.78 Å². The van der Waals surface area contributed by atoms with Crippen molar-refractivity contribution < 1.29 is 8.78 Å². The molecule has 0 aromatic heterocycles. The van der Waals surface area contributed by atoms with Crippen molar-refractivity contribution in [1.29, 1.82) is 0 Å². The van der Waals surface area contributed by atoms with Gasteiger partial charge in [-0.1, -0.05) is 55.9 Å². The molecule has 3 rings (SSSR count). The highest BCUT2D eigenvalue weighted by atomic mass is 19.1. The maximum atomic E-state index is 14.6.